The van der Waals surface area contributed by atoms with Gasteiger partial charge < -0.3 is 20.1 Å². The SMILES string of the molecule is O=C1NCC2(CCN(C(=O)O)CC2)CO1. The van der Waals surface area contributed by atoms with Crippen LogP contribution in [0.5, 0.6) is 0 Å². The first-order valence-electron chi connectivity index (χ1n) is 5.00. The van der Waals surface area contributed by atoms with Gasteiger partial charge in [-0.2, -0.15) is 0 Å². The summed E-state index contributed by atoms with van der Waals surface area (Å²) in [5.74, 6) is 0. The smallest absolute Gasteiger partial charge is 0.407 e. The lowest BCUT2D eigenvalue weighted by atomic mass is 9.78. The van der Waals surface area contributed by atoms with E-state index >= 15 is 0 Å². The Bertz CT molecular complexity index is 272. The summed E-state index contributed by atoms with van der Waals surface area (Å²) in [4.78, 5) is 22.9. The van der Waals surface area contributed by atoms with Gasteiger partial charge in [-0.3, -0.25) is 0 Å². The van der Waals surface area contributed by atoms with Gasteiger partial charge in [0.1, 0.15) is 6.61 Å². The van der Waals surface area contributed by atoms with E-state index in [0.717, 1.165) is 12.8 Å². The van der Waals surface area contributed by atoms with Crippen molar-refractivity contribution in [1.29, 1.82) is 0 Å². The second-order valence-corrected chi connectivity index (χ2v) is 4.20. The highest BCUT2D eigenvalue weighted by molar-refractivity contribution is 5.68. The molecular weight excluding hydrogens is 200 g/mol. The molecule has 2 amide bonds. The van der Waals surface area contributed by atoms with Crippen LogP contribution in [-0.4, -0.2) is 48.4 Å². The minimum Gasteiger partial charge on any atom is -0.465 e. The van der Waals surface area contributed by atoms with Gasteiger partial charge in [-0.25, -0.2) is 9.59 Å². The van der Waals surface area contributed by atoms with Gasteiger partial charge in [-0.1, -0.05) is 0 Å². The van der Waals surface area contributed by atoms with Crippen molar-refractivity contribution in [2.75, 3.05) is 26.2 Å². The highest BCUT2D eigenvalue weighted by atomic mass is 16.6. The standard InChI is InChI=1S/C9H14N2O4/c12-7-10-5-9(6-15-7)1-3-11(4-2-9)8(13)14/h1-6H2,(H,10,12)(H,13,14). The molecular formula is C9H14N2O4. The molecule has 84 valence electrons. The number of nitrogens with zero attached hydrogens (tertiary/aromatic N) is 1. The summed E-state index contributed by atoms with van der Waals surface area (Å²) >= 11 is 0. The summed E-state index contributed by atoms with van der Waals surface area (Å²) in [5.41, 5.74) is -0.0557. The lowest BCUT2D eigenvalue weighted by Crippen LogP contribution is -2.53. The van der Waals surface area contributed by atoms with Crippen molar-refractivity contribution in [2.24, 2.45) is 5.41 Å². The zero-order chi connectivity index (χ0) is 10.9. The number of cyclic esters (lactones) is 1. The summed E-state index contributed by atoms with van der Waals surface area (Å²) in [5, 5.41) is 11.5. The van der Waals surface area contributed by atoms with Crippen LogP contribution < -0.4 is 5.32 Å². The van der Waals surface area contributed by atoms with Gasteiger partial charge in [0, 0.05) is 25.0 Å². The first kappa shape index (κ1) is 10.1. The number of carboxylic acid groups (broad SMARTS) is 1. The van der Waals surface area contributed by atoms with Crippen molar-refractivity contribution in [3.05, 3.63) is 0 Å². The average molecular weight is 214 g/mol. The number of piperidine rings is 1. The minimum absolute atomic E-state index is 0.0557. The normalized spacial score (nSPS) is 24.5. The summed E-state index contributed by atoms with van der Waals surface area (Å²) in [6.45, 7) is 2.05. The quantitative estimate of drug-likeness (QED) is 0.615. The highest BCUT2D eigenvalue weighted by Crippen LogP contribution is 2.32. The van der Waals surface area contributed by atoms with Crippen LogP contribution in [-0.2, 0) is 4.74 Å². The van der Waals surface area contributed by atoms with E-state index in [1.165, 1.54) is 4.90 Å². The van der Waals surface area contributed by atoms with Crippen molar-refractivity contribution in [3.8, 4) is 0 Å². The molecule has 1 spiro atoms. The molecule has 2 heterocycles. The fourth-order valence-electron chi connectivity index (χ4n) is 2.07. The molecule has 0 bridgehead atoms. The summed E-state index contributed by atoms with van der Waals surface area (Å²) in [7, 11) is 0. The number of hydrogen-bond donors (Lipinski definition) is 2. The molecule has 2 fully saturated rings. The van der Waals surface area contributed by atoms with Crippen molar-refractivity contribution in [1.82, 2.24) is 10.2 Å². The van der Waals surface area contributed by atoms with Gasteiger partial charge in [-0.15, -0.1) is 0 Å². The largest absolute Gasteiger partial charge is 0.465 e. The van der Waals surface area contributed by atoms with E-state index in [4.69, 9.17) is 9.84 Å². The molecule has 2 saturated heterocycles. The molecule has 0 saturated carbocycles. The molecule has 0 aromatic rings. The molecule has 2 aliphatic rings. The molecule has 6 heteroatoms. The van der Waals surface area contributed by atoms with E-state index in [0.29, 0.717) is 26.2 Å². The van der Waals surface area contributed by atoms with Crippen LogP contribution in [0.15, 0.2) is 0 Å². The minimum atomic E-state index is -0.870. The first-order valence-corrected chi connectivity index (χ1v) is 5.00. The summed E-state index contributed by atoms with van der Waals surface area (Å²) in [6.07, 6.45) is 0.256. The predicted octanol–water partition coefficient (Wildman–Crippen LogP) is 0.486. The Morgan fingerprint density at radius 2 is 2.13 bits per heavy atom. The fraction of sp³-hybridized carbons (Fsp3) is 0.778. The molecule has 0 atom stereocenters. The average Bonchev–Trinajstić information content (AvgIpc) is 2.24. The molecule has 15 heavy (non-hydrogen) atoms. The third-order valence-corrected chi connectivity index (χ3v) is 3.21. The molecule has 2 rings (SSSR count). The van der Waals surface area contributed by atoms with Crippen LogP contribution in [0.25, 0.3) is 0 Å². The van der Waals surface area contributed by atoms with E-state index in [1.54, 1.807) is 0 Å². The van der Waals surface area contributed by atoms with Gasteiger partial charge in [0.25, 0.3) is 0 Å². The number of carbonyl (C=O) groups is 2. The Labute approximate surface area is 87.2 Å². The number of hydrogen-bond acceptors (Lipinski definition) is 3. The van der Waals surface area contributed by atoms with E-state index in [1.807, 2.05) is 0 Å². The second kappa shape index (κ2) is 3.60. The Balaban J connectivity index is 1.92. The molecule has 0 radical (unpaired) electrons. The molecule has 0 aromatic heterocycles. The van der Waals surface area contributed by atoms with Gasteiger partial charge in [-0.05, 0) is 12.8 Å². The maximum Gasteiger partial charge on any atom is 0.407 e. The first-order chi connectivity index (χ1) is 7.11. The summed E-state index contributed by atoms with van der Waals surface area (Å²) in [6, 6.07) is 0. The van der Waals surface area contributed by atoms with Gasteiger partial charge in [0.2, 0.25) is 0 Å². The Morgan fingerprint density at radius 1 is 1.47 bits per heavy atom. The molecule has 0 aliphatic carbocycles. The Morgan fingerprint density at radius 3 is 2.60 bits per heavy atom. The Kier molecular flexibility index (Phi) is 2.42. The fourth-order valence-corrected chi connectivity index (χ4v) is 2.07. The zero-order valence-corrected chi connectivity index (χ0v) is 8.36. The number of rotatable bonds is 0. The van der Waals surface area contributed by atoms with Crippen LogP contribution >= 0.6 is 0 Å². The van der Waals surface area contributed by atoms with Crippen LogP contribution in [0.1, 0.15) is 12.8 Å². The van der Waals surface area contributed by atoms with E-state index in [9.17, 15) is 9.59 Å². The van der Waals surface area contributed by atoms with E-state index in [2.05, 4.69) is 5.32 Å². The van der Waals surface area contributed by atoms with Crippen LogP contribution in [0, 0.1) is 5.41 Å². The van der Waals surface area contributed by atoms with Gasteiger partial charge in [0.15, 0.2) is 0 Å². The number of ether oxygens (including phenoxy) is 1. The molecule has 0 aromatic carbocycles. The van der Waals surface area contributed by atoms with Crippen molar-refractivity contribution in [2.45, 2.75) is 12.8 Å². The topological polar surface area (TPSA) is 78.9 Å². The van der Waals surface area contributed by atoms with Crippen LogP contribution in [0.3, 0.4) is 0 Å². The third-order valence-electron chi connectivity index (χ3n) is 3.21. The second-order valence-electron chi connectivity index (χ2n) is 4.20. The number of likely N-dealkylation sites (tertiary alicyclic amines) is 1. The number of carbonyl (C=O) groups excluding carboxylic acids is 1. The number of alkyl carbamates (subject to hydrolysis) is 1. The number of nitrogens with one attached hydrogen (secondary N) is 1. The highest BCUT2D eigenvalue weighted by Gasteiger charge is 2.39. The van der Waals surface area contributed by atoms with Crippen molar-refractivity contribution >= 4 is 12.2 Å². The van der Waals surface area contributed by atoms with E-state index < -0.39 is 6.09 Å². The van der Waals surface area contributed by atoms with Crippen molar-refractivity contribution < 1.29 is 19.4 Å². The molecule has 2 N–H and O–H groups in total. The maximum absolute atomic E-state index is 10.8. The third kappa shape index (κ3) is 1.98. The maximum atomic E-state index is 10.8. The lowest BCUT2D eigenvalue weighted by Gasteiger charge is -2.42. The Hall–Kier alpha value is -1.46. The lowest BCUT2D eigenvalue weighted by molar-refractivity contribution is 0.00879. The molecule has 2 aliphatic heterocycles. The zero-order valence-electron chi connectivity index (χ0n) is 8.36. The monoisotopic (exact) mass is 214 g/mol. The van der Waals surface area contributed by atoms with Gasteiger partial charge in [0.05, 0.1) is 0 Å². The van der Waals surface area contributed by atoms with Crippen LogP contribution in [0.2, 0.25) is 0 Å². The summed E-state index contributed by atoms with van der Waals surface area (Å²) < 4.78 is 4.95. The van der Waals surface area contributed by atoms with Crippen LogP contribution in [0.4, 0.5) is 9.59 Å². The van der Waals surface area contributed by atoms with Gasteiger partial charge >= 0.3 is 12.2 Å². The van der Waals surface area contributed by atoms with E-state index in [-0.39, 0.29) is 11.5 Å². The molecule has 0 unspecified atom stereocenters. The number of amides is 2. The van der Waals surface area contributed by atoms with Crippen molar-refractivity contribution in [3.63, 3.8) is 0 Å². The predicted molar refractivity (Wildman–Crippen MR) is 50.6 cm³/mol. The molecule has 6 nitrogen and oxygen atoms in total.